The molecule has 4 rings (SSSR count). The maximum atomic E-state index is 13.1. The van der Waals surface area contributed by atoms with E-state index in [0.717, 1.165) is 23.8 Å². The number of halogens is 3. The fourth-order valence-electron chi connectivity index (χ4n) is 3.56. The van der Waals surface area contributed by atoms with Crippen LogP contribution < -0.4 is 20.1 Å². The van der Waals surface area contributed by atoms with Gasteiger partial charge in [-0.25, -0.2) is 8.42 Å². The number of anilines is 1. The van der Waals surface area contributed by atoms with E-state index in [4.69, 9.17) is 4.74 Å². The van der Waals surface area contributed by atoms with E-state index in [1.54, 1.807) is 6.07 Å². The van der Waals surface area contributed by atoms with Crippen molar-refractivity contribution in [3.8, 4) is 5.75 Å². The fourth-order valence-corrected chi connectivity index (χ4v) is 4.85. The van der Waals surface area contributed by atoms with Crippen LogP contribution in [0.1, 0.15) is 33.2 Å². The Kier molecular flexibility index (Phi) is 6.24. The molecule has 3 aromatic carbocycles. The van der Waals surface area contributed by atoms with Crippen molar-refractivity contribution >= 4 is 21.6 Å². The zero-order valence-electron chi connectivity index (χ0n) is 17.8. The molecule has 0 unspecified atom stereocenters. The molecule has 1 aliphatic heterocycles. The highest BCUT2D eigenvalue weighted by atomic mass is 32.2. The van der Waals surface area contributed by atoms with Crippen LogP contribution in [0.25, 0.3) is 0 Å². The fraction of sp³-hybridized carbons (Fsp3) is 0.174. The summed E-state index contributed by atoms with van der Waals surface area (Å²) in [6.45, 7) is 0.243. The number of fused-ring (bicyclic) bond motifs is 1. The second-order valence-corrected chi connectivity index (χ2v) is 9.21. The molecule has 0 radical (unpaired) electrons. The van der Waals surface area contributed by atoms with Crippen molar-refractivity contribution in [2.45, 2.75) is 23.8 Å². The summed E-state index contributed by atoms with van der Waals surface area (Å²) in [6.07, 6.45) is -5.62. The average Bonchev–Trinajstić information content (AvgIpc) is 2.81. The smallest absolute Gasteiger partial charge is 0.416 e. The number of rotatable bonds is 5. The van der Waals surface area contributed by atoms with Gasteiger partial charge in [0.25, 0.3) is 5.91 Å². The number of alkyl halides is 3. The minimum atomic E-state index is -4.61. The molecule has 34 heavy (non-hydrogen) atoms. The molecule has 3 N–H and O–H groups in total. The second kappa shape index (κ2) is 8.99. The molecule has 11 heteroatoms. The number of hydrogen-bond donors (Lipinski definition) is 3. The van der Waals surface area contributed by atoms with Crippen molar-refractivity contribution in [3.63, 3.8) is 0 Å². The van der Waals surface area contributed by atoms with Crippen molar-refractivity contribution < 1.29 is 31.1 Å². The lowest BCUT2D eigenvalue weighted by atomic mass is 10.1. The predicted molar refractivity (Wildman–Crippen MR) is 119 cm³/mol. The van der Waals surface area contributed by atoms with Crippen molar-refractivity contribution in [1.29, 1.82) is 0 Å². The number of benzene rings is 3. The van der Waals surface area contributed by atoms with Gasteiger partial charge in [-0.3, -0.25) is 4.79 Å². The number of sulfonamides is 1. The summed E-state index contributed by atoms with van der Waals surface area (Å²) in [5.74, 6) is 0.289. The van der Waals surface area contributed by atoms with Gasteiger partial charge in [-0.2, -0.15) is 17.9 Å². The molecular weight excluding hydrogens is 471 g/mol. The minimum Gasteiger partial charge on any atom is -0.496 e. The number of hydrogen-bond acceptors (Lipinski definition) is 5. The number of carbonyl (C=O) groups excluding carboxylic acids is 1. The van der Waals surface area contributed by atoms with E-state index in [0.29, 0.717) is 16.9 Å². The number of carbonyl (C=O) groups is 1. The Labute approximate surface area is 194 Å². The van der Waals surface area contributed by atoms with Crippen molar-refractivity contribution in [3.05, 3.63) is 89.0 Å². The third-order valence-electron chi connectivity index (χ3n) is 5.31. The van der Waals surface area contributed by atoms with Crippen LogP contribution in [0.3, 0.4) is 0 Å². The van der Waals surface area contributed by atoms with E-state index in [-0.39, 0.29) is 23.0 Å². The summed E-state index contributed by atoms with van der Waals surface area (Å²) in [6, 6.07) is 15.7. The predicted octanol–water partition coefficient (Wildman–Crippen LogP) is 4.05. The molecule has 7 nitrogen and oxygen atoms in total. The molecule has 0 fully saturated rings. The molecule has 178 valence electrons. The van der Waals surface area contributed by atoms with Gasteiger partial charge in [-0.05, 0) is 42.0 Å². The van der Waals surface area contributed by atoms with Crippen molar-refractivity contribution in [1.82, 2.24) is 10.0 Å². The van der Waals surface area contributed by atoms with E-state index in [9.17, 15) is 26.4 Å². The van der Waals surface area contributed by atoms with Crippen molar-refractivity contribution in [2.24, 2.45) is 0 Å². The highest BCUT2D eigenvalue weighted by Crippen LogP contribution is 2.37. The van der Waals surface area contributed by atoms with E-state index >= 15 is 0 Å². The summed E-state index contributed by atoms with van der Waals surface area (Å²) in [5.41, 5.74) is 0.437. The minimum absolute atomic E-state index is 0.155. The summed E-state index contributed by atoms with van der Waals surface area (Å²) in [4.78, 5) is 12.2. The first kappa shape index (κ1) is 23.6. The maximum absolute atomic E-state index is 13.1. The zero-order valence-corrected chi connectivity index (χ0v) is 18.6. The van der Waals surface area contributed by atoms with E-state index < -0.39 is 27.9 Å². The normalized spacial score (nSPS) is 16.8. The van der Waals surface area contributed by atoms with E-state index in [1.165, 1.54) is 31.4 Å². The molecule has 0 bridgehead atoms. The number of para-hydroxylation sites is 1. The Morgan fingerprint density at radius 3 is 2.44 bits per heavy atom. The van der Waals surface area contributed by atoms with Gasteiger partial charge in [0.1, 0.15) is 16.8 Å². The lowest BCUT2D eigenvalue weighted by Gasteiger charge is -2.29. The molecule has 0 saturated heterocycles. The van der Waals surface area contributed by atoms with Gasteiger partial charge >= 0.3 is 6.18 Å². The highest BCUT2D eigenvalue weighted by molar-refractivity contribution is 7.89. The van der Waals surface area contributed by atoms with Gasteiger partial charge in [0.05, 0.1) is 18.4 Å². The number of amides is 1. The SMILES string of the molecule is COc1ccccc1CNC(=O)c1ccc([C@@H]2Nc3cc(C(F)(F)F)ccc3S(=O)(=O)N2)cc1. The summed E-state index contributed by atoms with van der Waals surface area (Å²) < 4.78 is 72.0. The molecule has 0 saturated carbocycles. The third-order valence-corrected chi connectivity index (χ3v) is 6.79. The monoisotopic (exact) mass is 491 g/mol. The number of nitrogens with one attached hydrogen (secondary N) is 3. The largest absolute Gasteiger partial charge is 0.496 e. The molecular formula is C23H20F3N3O4S. The van der Waals surface area contributed by atoms with Crippen LogP contribution in [-0.4, -0.2) is 21.4 Å². The Balaban J connectivity index is 1.50. The first-order chi connectivity index (χ1) is 16.1. The summed E-state index contributed by atoms with van der Waals surface area (Å²) in [5, 5.41) is 5.57. The van der Waals surface area contributed by atoms with Crippen LogP contribution in [0.15, 0.2) is 71.6 Å². The van der Waals surface area contributed by atoms with Gasteiger partial charge in [0.2, 0.25) is 10.0 Å². The van der Waals surface area contributed by atoms with Crippen LogP contribution >= 0.6 is 0 Å². The van der Waals surface area contributed by atoms with Gasteiger partial charge in [-0.1, -0.05) is 30.3 Å². The molecule has 1 aliphatic rings. The number of methoxy groups -OCH3 is 1. The Morgan fingerprint density at radius 2 is 1.76 bits per heavy atom. The molecule has 0 aliphatic carbocycles. The van der Waals surface area contributed by atoms with Crippen LogP contribution in [0.4, 0.5) is 18.9 Å². The molecule has 1 amide bonds. The summed E-state index contributed by atoms with van der Waals surface area (Å²) >= 11 is 0. The quantitative estimate of drug-likeness (QED) is 0.501. The topological polar surface area (TPSA) is 96.5 Å². The number of ether oxygens (including phenoxy) is 1. The van der Waals surface area contributed by atoms with E-state index in [2.05, 4.69) is 15.4 Å². The van der Waals surface area contributed by atoms with Gasteiger partial charge in [-0.15, -0.1) is 0 Å². The highest BCUT2D eigenvalue weighted by Gasteiger charge is 2.35. The van der Waals surface area contributed by atoms with Gasteiger partial charge < -0.3 is 15.4 Å². The maximum Gasteiger partial charge on any atom is 0.416 e. The molecule has 1 heterocycles. The third kappa shape index (κ3) is 4.85. The molecule has 0 aromatic heterocycles. The van der Waals surface area contributed by atoms with Crippen molar-refractivity contribution in [2.75, 3.05) is 12.4 Å². The van der Waals surface area contributed by atoms with Crippen LogP contribution in [0.5, 0.6) is 5.75 Å². The average molecular weight is 491 g/mol. The standard InChI is InChI=1S/C23H20F3N3O4S/c1-33-19-5-3-2-4-16(19)13-27-22(30)15-8-6-14(7-9-15)21-28-18-12-17(23(24,25)26)10-11-20(18)34(31,32)29-21/h2-12,21,28-29H,13H2,1H3,(H,27,30)/t21-/m1/s1. The van der Waals surface area contributed by atoms with Crippen LogP contribution in [-0.2, 0) is 22.7 Å². The lowest BCUT2D eigenvalue weighted by Crippen LogP contribution is -2.38. The Hall–Kier alpha value is -3.57. The van der Waals surface area contributed by atoms with Crippen LogP contribution in [0.2, 0.25) is 0 Å². The second-order valence-electron chi connectivity index (χ2n) is 7.52. The molecule has 3 aromatic rings. The van der Waals surface area contributed by atoms with E-state index in [1.807, 2.05) is 18.2 Å². The Bertz CT molecular complexity index is 1330. The zero-order chi connectivity index (χ0) is 24.5. The van der Waals surface area contributed by atoms with Crippen LogP contribution in [0, 0.1) is 0 Å². The van der Waals surface area contributed by atoms with Gasteiger partial charge in [0.15, 0.2) is 0 Å². The lowest BCUT2D eigenvalue weighted by molar-refractivity contribution is -0.137. The molecule has 0 spiro atoms. The first-order valence-corrected chi connectivity index (χ1v) is 11.6. The first-order valence-electron chi connectivity index (χ1n) is 10.1. The van der Waals surface area contributed by atoms with Gasteiger partial charge in [0, 0.05) is 17.7 Å². The summed E-state index contributed by atoms with van der Waals surface area (Å²) in [7, 11) is -2.51. The molecule has 1 atom stereocenters. The Morgan fingerprint density at radius 1 is 1.06 bits per heavy atom.